The molecular formula is C8H16F3NO4. The Hall–Kier alpha value is -0.860. The summed E-state index contributed by atoms with van der Waals surface area (Å²) in [7, 11) is 0. The van der Waals surface area contributed by atoms with Crippen LogP contribution in [0.4, 0.5) is 13.2 Å². The van der Waals surface area contributed by atoms with Crippen LogP contribution in [0.25, 0.3) is 0 Å². The third-order valence-electron chi connectivity index (χ3n) is 1.58. The van der Waals surface area contributed by atoms with Gasteiger partial charge < -0.3 is 21.1 Å². The number of halogens is 3. The van der Waals surface area contributed by atoms with Gasteiger partial charge in [-0.1, -0.05) is 13.8 Å². The number of aliphatic carboxylic acids is 1. The minimum atomic E-state index is -5.08. The summed E-state index contributed by atoms with van der Waals surface area (Å²) >= 11 is 0. The summed E-state index contributed by atoms with van der Waals surface area (Å²) in [4.78, 5) is 8.90. The predicted octanol–water partition coefficient (Wildman–Crippen LogP) is -0.0438. The Bertz CT molecular complexity index is 208. The fourth-order valence-electron chi connectivity index (χ4n) is 0.602. The van der Waals surface area contributed by atoms with Crippen molar-refractivity contribution in [3.8, 4) is 0 Å². The van der Waals surface area contributed by atoms with Crippen molar-refractivity contribution in [3.63, 3.8) is 0 Å². The van der Waals surface area contributed by atoms with Crippen molar-refractivity contribution >= 4 is 5.97 Å². The molecule has 0 heterocycles. The Kier molecular flexibility index (Phi) is 8.13. The van der Waals surface area contributed by atoms with Crippen LogP contribution in [0.2, 0.25) is 0 Å². The molecule has 5 nitrogen and oxygen atoms in total. The van der Waals surface area contributed by atoms with E-state index >= 15 is 0 Å². The lowest BCUT2D eigenvalue weighted by atomic mass is 10.0. The largest absolute Gasteiger partial charge is 0.490 e. The highest BCUT2D eigenvalue weighted by molar-refractivity contribution is 5.73. The van der Waals surface area contributed by atoms with Crippen LogP contribution in [0.3, 0.4) is 0 Å². The minimum Gasteiger partial charge on any atom is -0.475 e. The molecular weight excluding hydrogens is 231 g/mol. The smallest absolute Gasteiger partial charge is 0.475 e. The molecule has 0 aromatic rings. The highest BCUT2D eigenvalue weighted by atomic mass is 19.4. The van der Waals surface area contributed by atoms with Crippen molar-refractivity contribution in [1.29, 1.82) is 0 Å². The number of nitrogens with two attached hydrogens (primary N) is 1. The number of aliphatic hydroxyl groups excluding tert-OH is 2. The van der Waals surface area contributed by atoms with E-state index in [1.807, 2.05) is 13.8 Å². The van der Waals surface area contributed by atoms with E-state index in [1.165, 1.54) is 0 Å². The topological polar surface area (TPSA) is 104 Å². The summed E-state index contributed by atoms with van der Waals surface area (Å²) in [5.41, 5.74) is 5.32. The maximum atomic E-state index is 10.6. The van der Waals surface area contributed by atoms with Gasteiger partial charge in [0.2, 0.25) is 0 Å². The van der Waals surface area contributed by atoms with Gasteiger partial charge in [0, 0.05) is 0 Å². The summed E-state index contributed by atoms with van der Waals surface area (Å²) < 4.78 is 31.7. The lowest BCUT2D eigenvalue weighted by Crippen LogP contribution is -2.40. The summed E-state index contributed by atoms with van der Waals surface area (Å²) in [5.74, 6) is -2.64. The second-order valence-electron chi connectivity index (χ2n) is 3.38. The van der Waals surface area contributed by atoms with E-state index in [-0.39, 0.29) is 12.5 Å². The average molecular weight is 247 g/mol. The standard InChI is InChI=1S/C6H15NO2.C2HF3O2/c1-4(2)6(9)5(7)3-8;3-2(4,5)1(6)7/h4-6,8-9H,3,7H2,1-2H3;(H,6,7)/t5-,6-;/m0./s1. The molecule has 16 heavy (non-hydrogen) atoms. The summed E-state index contributed by atoms with van der Waals surface area (Å²) in [6.07, 6.45) is -5.67. The van der Waals surface area contributed by atoms with Crippen molar-refractivity contribution in [1.82, 2.24) is 0 Å². The van der Waals surface area contributed by atoms with E-state index in [0.29, 0.717) is 0 Å². The SMILES string of the molecule is CC(C)[C@H](O)[C@@H](N)CO.O=C(O)C(F)(F)F. The fourth-order valence-corrected chi connectivity index (χ4v) is 0.602. The number of alkyl halides is 3. The summed E-state index contributed by atoms with van der Waals surface area (Å²) in [5, 5.41) is 24.7. The number of rotatable bonds is 3. The first-order valence-corrected chi connectivity index (χ1v) is 4.38. The second kappa shape index (κ2) is 7.42. The van der Waals surface area contributed by atoms with Crippen LogP contribution in [0.5, 0.6) is 0 Å². The van der Waals surface area contributed by atoms with E-state index in [2.05, 4.69) is 0 Å². The third kappa shape index (κ3) is 8.45. The van der Waals surface area contributed by atoms with Crippen molar-refractivity contribution < 1.29 is 33.3 Å². The van der Waals surface area contributed by atoms with Gasteiger partial charge in [0.05, 0.1) is 18.8 Å². The Balaban J connectivity index is 0. The highest BCUT2D eigenvalue weighted by Gasteiger charge is 2.38. The molecule has 0 rings (SSSR count). The summed E-state index contributed by atoms with van der Waals surface area (Å²) in [6.45, 7) is 3.57. The number of carboxylic acid groups (broad SMARTS) is 1. The van der Waals surface area contributed by atoms with Crippen LogP contribution in [-0.4, -0.2) is 46.2 Å². The Morgan fingerprint density at radius 1 is 1.38 bits per heavy atom. The molecule has 0 amide bonds. The van der Waals surface area contributed by atoms with Crippen molar-refractivity contribution in [2.24, 2.45) is 11.7 Å². The molecule has 0 fully saturated rings. The molecule has 0 bridgehead atoms. The molecule has 0 radical (unpaired) electrons. The number of aliphatic hydroxyl groups is 2. The van der Waals surface area contributed by atoms with Crippen LogP contribution in [0.1, 0.15) is 13.8 Å². The molecule has 0 aliphatic carbocycles. The molecule has 0 saturated carbocycles. The first-order chi connectivity index (χ1) is 7.03. The van der Waals surface area contributed by atoms with Gasteiger partial charge in [-0.15, -0.1) is 0 Å². The van der Waals surface area contributed by atoms with Crippen molar-refractivity contribution in [2.45, 2.75) is 32.2 Å². The molecule has 0 unspecified atom stereocenters. The minimum absolute atomic E-state index is 0.118. The number of hydrogen-bond donors (Lipinski definition) is 4. The maximum absolute atomic E-state index is 10.6. The van der Waals surface area contributed by atoms with Crippen LogP contribution in [0.15, 0.2) is 0 Å². The second-order valence-corrected chi connectivity index (χ2v) is 3.38. The zero-order valence-electron chi connectivity index (χ0n) is 8.90. The monoisotopic (exact) mass is 247 g/mol. The Morgan fingerprint density at radius 3 is 1.75 bits per heavy atom. The van der Waals surface area contributed by atoms with Gasteiger partial charge >= 0.3 is 12.1 Å². The summed E-state index contributed by atoms with van der Waals surface area (Å²) in [6, 6.07) is -0.495. The number of hydrogen-bond acceptors (Lipinski definition) is 4. The Labute approximate surface area is 90.7 Å². The van der Waals surface area contributed by atoms with Gasteiger partial charge in [-0.05, 0) is 5.92 Å². The molecule has 0 aliphatic rings. The van der Waals surface area contributed by atoms with Gasteiger partial charge in [0.1, 0.15) is 0 Å². The molecule has 98 valence electrons. The van der Waals surface area contributed by atoms with Crippen LogP contribution in [0, 0.1) is 5.92 Å². The zero-order chi connectivity index (χ0) is 13.5. The molecule has 5 N–H and O–H groups in total. The lowest BCUT2D eigenvalue weighted by molar-refractivity contribution is -0.192. The Morgan fingerprint density at radius 2 is 1.69 bits per heavy atom. The van der Waals surface area contributed by atoms with Gasteiger partial charge in [-0.3, -0.25) is 0 Å². The first-order valence-electron chi connectivity index (χ1n) is 4.38. The van der Waals surface area contributed by atoms with Crippen molar-refractivity contribution in [3.05, 3.63) is 0 Å². The van der Waals surface area contributed by atoms with Crippen molar-refractivity contribution in [2.75, 3.05) is 6.61 Å². The van der Waals surface area contributed by atoms with Gasteiger partial charge in [-0.2, -0.15) is 13.2 Å². The maximum Gasteiger partial charge on any atom is 0.490 e. The molecule has 0 spiro atoms. The van der Waals surface area contributed by atoms with E-state index in [0.717, 1.165) is 0 Å². The lowest BCUT2D eigenvalue weighted by Gasteiger charge is -2.19. The van der Waals surface area contributed by atoms with Gasteiger partial charge in [0.15, 0.2) is 0 Å². The average Bonchev–Trinajstić information content (AvgIpc) is 2.14. The van der Waals surface area contributed by atoms with E-state index < -0.39 is 24.3 Å². The molecule has 2 atom stereocenters. The first kappa shape index (κ1) is 17.5. The predicted molar refractivity (Wildman–Crippen MR) is 49.6 cm³/mol. The van der Waals surface area contributed by atoms with Crippen LogP contribution < -0.4 is 5.73 Å². The quantitative estimate of drug-likeness (QED) is 0.560. The molecule has 8 heteroatoms. The fraction of sp³-hybridized carbons (Fsp3) is 0.875. The zero-order valence-corrected chi connectivity index (χ0v) is 8.90. The normalized spacial score (nSPS) is 15.1. The number of carboxylic acids is 1. The molecule has 0 aromatic heterocycles. The van der Waals surface area contributed by atoms with E-state index in [1.54, 1.807) is 0 Å². The highest BCUT2D eigenvalue weighted by Crippen LogP contribution is 2.13. The van der Waals surface area contributed by atoms with Gasteiger partial charge in [0.25, 0.3) is 0 Å². The number of carbonyl (C=O) groups is 1. The van der Waals surface area contributed by atoms with Crippen LogP contribution >= 0.6 is 0 Å². The molecule has 0 aromatic carbocycles. The van der Waals surface area contributed by atoms with E-state index in [9.17, 15) is 13.2 Å². The third-order valence-corrected chi connectivity index (χ3v) is 1.58. The molecule has 0 saturated heterocycles. The van der Waals surface area contributed by atoms with E-state index in [4.69, 9.17) is 25.8 Å². The van der Waals surface area contributed by atoms with Gasteiger partial charge in [-0.25, -0.2) is 4.79 Å². The van der Waals surface area contributed by atoms with Crippen LogP contribution in [-0.2, 0) is 4.79 Å². The molecule has 0 aliphatic heterocycles.